The highest BCUT2D eigenvalue weighted by atomic mass is 32.1. The molecule has 1 saturated heterocycles. The van der Waals surface area contributed by atoms with Crippen molar-refractivity contribution in [2.45, 2.75) is 38.9 Å². The third kappa shape index (κ3) is 3.01. The van der Waals surface area contributed by atoms with Gasteiger partial charge in [-0.25, -0.2) is 0 Å². The Labute approximate surface area is 192 Å². The second-order valence-electron chi connectivity index (χ2n) is 9.69. The summed E-state index contributed by atoms with van der Waals surface area (Å²) in [6, 6.07) is 28.4. The fourth-order valence-corrected chi connectivity index (χ4v) is 5.77. The number of hydrogen-bond donors (Lipinski definition) is 0. The lowest BCUT2D eigenvalue weighted by Gasteiger charge is -2.32. The zero-order chi connectivity index (χ0) is 22.1. The second kappa shape index (κ2) is 6.92. The van der Waals surface area contributed by atoms with E-state index in [1.54, 1.807) is 0 Å². The van der Waals surface area contributed by atoms with Crippen LogP contribution in [0.2, 0.25) is 0 Å². The molecule has 2 nitrogen and oxygen atoms in total. The summed E-state index contributed by atoms with van der Waals surface area (Å²) >= 11 is 1.83. The molecular weight excluding hydrogens is 411 g/mol. The molecule has 0 saturated carbocycles. The van der Waals surface area contributed by atoms with Crippen molar-refractivity contribution in [3.63, 3.8) is 0 Å². The standard InChI is InChI=1S/C28H25BO2S/c1-27(2)28(3,4)31-29(30-27)24-16-21(18-10-6-5-7-11-18)15-23-22-14-19-12-8-9-13-20(19)17-25(22)32-26(23)24/h5-17H,1-4H3. The highest BCUT2D eigenvalue weighted by Gasteiger charge is 2.52. The molecule has 1 fully saturated rings. The van der Waals surface area contributed by atoms with Gasteiger partial charge in [0.2, 0.25) is 0 Å². The van der Waals surface area contributed by atoms with Crippen molar-refractivity contribution in [3.05, 3.63) is 78.9 Å². The molecule has 0 bridgehead atoms. The summed E-state index contributed by atoms with van der Waals surface area (Å²) in [4.78, 5) is 0. The summed E-state index contributed by atoms with van der Waals surface area (Å²) in [6.45, 7) is 8.46. The van der Waals surface area contributed by atoms with Gasteiger partial charge >= 0.3 is 7.12 Å². The van der Waals surface area contributed by atoms with E-state index in [-0.39, 0.29) is 11.2 Å². The van der Waals surface area contributed by atoms with Crippen LogP contribution in [0.5, 0.6) is 0 Å². The van der Waals surface area contributed by atoms with Crippen molar-refractivity contribution < 1.29 is 9.31 Å². The Morgan fingerprint density at radius 2 is 1.28 bits per heavy atom. The topological polar surface area (TPSA) is 18.5 Å². The van der Waals surface area contributed by atoms with Gasteiger partial charge in [0.25, 0.3) is 0 Å². The van der Waals surface area contributed by atoms with Crippen LogP contribution in [-0.4, -0.2) is 18.3 Å². The third-order valence-corrected chi connectivity index (χ3v) is 8.30. The Kier molecular flexibility index (Phi) is 4.32. The van der Waals surface area contributed by atoms with E-state index in [4.69, 9.17) is 9.31 Å². The van der Waals surface area contributed by atoms with Crippen LogP contribution < -0.4 is 5.46 Å². The third-order valence-electron chi connectivity index (χ3n) is 7.08. The largest absolute Gasteiger partial charge is 0.496 e. The average molecular weight is 436 g/mol. The molecule has 0 N–H and O–H groups in total. The molecule has 0 aliphatic carbocycles. The summed E-state index contributed by atoms with van der Waals surface area (Å²) in [5.41, 5.74) is 2.75. The summed E-state index contributed by atoms with van der Waals surface area (Å²) in [6.07, 6.45) is 0. The minimum Gasteiger partial charge on any atom is -0.399 e. The molecule has 0 amide bonds. The normalized spacial score (nSPS) is 17.6. The molecule has 1 aliphatic rings. The van der Waals surface area contributed by atoms with Crippen LogP contribution in [0.25, 0.3) is 42.1 Å². The lowest BCUT2D eigenvalue weighted by molar-refractivity contribution is 0.00578. The molecule has 6 rings (SSSR count). The Balaban J connectivity index is 1.65. The molecule has 0 atom stereocenters. The Morgan fingerprint density at radius 1 is 0.656 bits per heavy atom. The molecule has 5 aromatic rings. The fourth-order valence-electron chi connectivity index (χ4n) is 4.53. The monoisotopic (exact) mass is 436 g/mol. The quantitative estimate of drug-likeness (QED) is 0.273. The maximum atomic E-state index is 6.51. The SMILES string of the molecule is CC1(C)OB(c2cc(-c3ccccc3)cc3c2sc2cc4ccccc4cc23)OC1(C)C. The molecule has 32 heavy (non-hydrogen) atoms. The van der Waals surface area contributed by atoms with Crippen LogP contribution in [0.15, 0.2) is 78.9 Å². The molecule has 0 spiro atoms. The van der Waals surface area contributed by atoms with E-state index < -0.39 is 7.12 Å². The van der Waals surface area contributed by atoms with Crippen molar-refractivity contribution in [1.29, 1.82) is 0 Å². The number of rotatable bonds is 2. The summed E-state index contributed by atoms with van der Waals surface area (Å²) < 4.78 is 15.6. The number of benzene rings is 4. The van der Waals surface area contributed by atoms with Crippen LogP contribution in [0.1, 0.15) is 27.7 Å². The van der Waals surface area contributed by atoms with Crippen LogP contribution in [0, 0.1) is 0 Å². The van der Waals surface area contributed by atoms with Gasteiger partial charge in [0.15, 0.2) is 0 Å². The van der Waals surface area contributed by atoms with Gasteiger partial charge in [-0.05, 0) is 67.8 Å². The molecule has 4 aromatic carbocycles. The highest BCUT2D eigenvalue weighted by Crippen LogP contribution is 2.41. The van der Waals surface area contributed by atoms with E-state index in [1.165, 1.54) is 42.1 Å². The van der Waals surface area contributed by atoms with Gasteiger partial charge in [-0.3, -0.25) is 0 Å². The zero-order valence-electron chi connectivity index (χ0n) is 18.8. The van der Waals surface area contributed by atoms with E-state index in [2.05, 4.69) is 107 Å². The first kappa shape index (κ1) is 20.0. The molecule has 0 unspecified atom stereocenters. The summed E-state index contributed by atoms with van der Waals surface area (Å²) in [5, 5.41) is 5.09. The minimum absolute atomic E-state index is 0.377. The van der Waals surface area contributed by atoms with Gasteiger partial charge in [0.1, 0.15) is 0 Å². The van der Waals surface area contributed by atoms with E-state index in [1.807, 2.05) is 11.3 Å². The first-order chi connectivity index (χ1) is 15.3. The fraction of sp³-hybridized carbons (Fsp3) is 0.214. The van der Waals surface area contributed by atoms with Crippen LogP contribution >= 0.6 is 11.3 Å². The van der Waals surface area contributed by atoms with Crippen molar-refractivity contribution in [2.75, 3.05) is 0 Å². The van der Waals surface area contributed by atoms with E-state index in [0.717, 1.165) is 5.46 Å². The Hall–Kier alpha value is -2.66. The minimum atomic E-state index is -0.395. The van der Waals surface area contributed by atoms with Crippen molar-refractivity contribution in [2.24, 2.45) is 0 Å². The number of thiophene rings is 1. The van der Waals surface area contributed by atoms with Crippen molar-refractivity contribution in [1.82, 2.24) is 0 Å². The van der Waals surface area contributed by atoms with Gasteiger partial charge in [0.05, 0.1) is 11.2 Å². The first-order valence-electron chi connectivity index (χ1n) is 11.1. The first-order valence-corrected chi connectivity index (χ1v) is 11.9. The predicted octanol–water partition coefficient (Wildman–Crippen LogP) is 7.17. The molecule has 1 aliphatic heterocycles. The van der Waals surface area contributed by atoms with Crippen LogP contribution in [0.3, 0.4) is 0 Å². The molecule has 4 heteroatoms. The summed E-state index contributed by atoms with van der Waals surface area (Å²) in [5.74, 6) is 0. The maximum absolute atomic E-state index is 6.51. The molecule has 1 aromatic heterocycles. The van der Waals surface area contributed by atoms with Gasteiger partial charge < -0.3 is 9.31 Å². The predicted molar refractivity (Wildman–Crippen MR) is 138 cm³/mol. The van der Waals surface area contributed by atoms with Gasteiger partial charge in [-0.2, -0.15) is 0 Å². The lowest BCUT2D eigenvalue weighted by atomic mass is 9.77. The maximum Gasteiger partial charge on any atom is 0.496 e. The van der Waals surface area contributed by atoms with Gasteiger partial charge in [-0.1, -0.05) is 60.7 Å². The smallest absolute Gasteiger partial charge is 0.399 e. The van der Waals surface area contributed by atoms with E-state index >= 15 is 0 Å². The van der Waals surface area contributed by atoms with Crippen LogP contribution in [-0.2, 0) is 9.31 Å². The van der Waals surface area contributed by atoms with Crippen LogP contribution in [0.4, 0.5) is 0 Å². The molecule has 2 heterocycles. The Bertz CT molecular complexity index is 1470. The Morgan fingerprint density at radius 3 is 1.97 bits per heavy atom. The van der Waals surface area contributed by atoms with E-state index in [9.17, 15) is 0 Å². The zero-order valence-corrected chi connectivity index (χ0v) is 19.6. The summed E-state index contributed by atoms with van der Waals surface area (Å²) in [7, 11) is -0.395. The van der Waals surface area contributed by atoms with Crippen molar-refractivity contribution >= 4 is 54.9 Å². The molecule has 158 valence electrons. The van der Waals surface area contributed by atoms with E-state index in [0.29, 0.717) is 0 Å². The van der Waals surface area contributed by atoms with Crippen molar-refractivity contribution in [3.8, 4) is 11.1 Å². The number of fused-ring (bicyclic) bond motifs is 4. The van der Waals surface area contributed by atoms with Gasteiger partial charge in [-0.15, -0.1) is 11.3 Å². The number of hydrogen-bond acceptors (Lipinski definition) is 3. The van der Waals surface area contributed by atoms with Gasteiger partial charge in [0, 0.05) is 25.6 Å². The lowest BCUT2D eigenvalue weighted by Crippen LogP contribution is -2.41. The average Bonchev–Trinajstić information content (AvgIpc) is 3.24. The molecule has 0 radical (unpaired) electrons. The highest BCUT2D eigenvalue weighted by molar-refractivity contribution is 7.27. The molecular formula is C28H25BO2S. The second-order valence-corrected chi connectivity index (χ2v) is 10.7.